The van der Waals surface area contributed by atoms with E-state index in [9.17, 15) is 9.59 Å². The Labute approximate surface area is 109 Å². The molecule has 5 nitrogen and oxygen atoms in total. The van der Waals surface area contributed by atoms with Gasteiger partial charge in [-0.25, -0.2) is 9.78 Å². The highest BCUT2D eigenvalue weighted by Gasteiger charge is 2.07. The number of aliphatic carboxylic acids is 1. The Bertz CT molecular complexity index is 729. The molecule has 0 bridgehead atoms. The van der Waals surface area contributed by atoms with Crippen molar-refractivity contribution in [1.29, 1.82) is 0 Å². The van der Waals surface area contributed by atoms with Crippen LogP contribution in [0.3, 0.4) is 0 Å². The molecular formula is C14H14N2O3. The largest absolute Gasteiger partial charge is 0.478 e. The standard InChI is InChI=1S/C14H14N2O3/c1-9(14(18)19)7-8-16-12-6-4-3-5-11(12)15-10(2)13(16)17/h3-7H,8H2,1-2H3,(H,18,19). The van der Waals surface area contributed by atoms with Gasteiger partial charge in [-0.15, -0.1) is 0 Å². The van der Waals surface area contributed by atoms with Crippen molar-refractivity contribution in [2.75, 3.05) is 0 Å². The molecule has 0 saturated heterocycles. The molecule has 98 valence electrons. The molecule has 0 aliphatic rings. The van der Waals surface area contributed by atoms with Gasteiger partial charge in [-0.2, -0.15) is 0 Å². The minimum absolute atomic E-state index is 0.201. The predicted molar refractivity (Wildman–Crippen MR) is 72.1 cm³/mol. The monoisotopic (exact) mass is 258 g/mol. The zero-order chi connectivity index (χ0) is 14.0. The van der Waals surface area contributed by atoms with Gasteiger partial charge >= 0.3 is 5.97 Å². The summed E-state index contributed by atoms with van der Waals surface area (Å²) in [6.07, 6.45) is 1.52. The lowest BCUT2D eigenvalue weighted by Crippen LogP contribution is -2.23. The first-order chi connectivity index (χ1) is 9.00. The minimum atomic E-state index is -0.983. The van der Waals surface area contributed by atoms with Gasteiger partial charge in [-0.05, 0) is 26.0 Å². The molecule has 5 heteroatoms. The molecule has 0 fully saturated rings. The van der Waals surface area contributed by atoms with E-state index in [4.69, 9.17) is 5.11 Å². The Morgan fingerprint density at radius 3 is 2.79 bits per heavy atom. The summed E-state index contributed by atoms with van der Waals surface area (Å²) in [6.45, 7) is 3.38. The Morgan fingerprint density at radius 1 is 1.42 bits per heavy atom. The maximum Gasteiger partial charge on any atom is 0.331 e. The van der Waals surface area contributed by atoms with E-state index in [-0.39, 0.29) is 17.7 Å². The molecule has 2 rings (SSSR count). The maximum absolute atomic E-state index is 12.1. The van der Waals surface area contributed by atoms with Crippen molar-refractivity contribution in [3.63, 3.8) is 0 Å². The summed E-state index contributed by atoms with van der Waals surface area (Å²) in [6, 6.07) is 7.30. The number of allylic oxidation sites excluding steroid dienone is 1. The summed E-state index contributed by atoms with van der Waals surface area (Å²) in [5.41, 5.74) is 1.84. The van der Waals surface area contributed by atoms with Crippen LogP contribution in [0.1, 0.15) is 12.6 Å². The fourth-order valence-electron chi connectivity index (χ4n) is 1.82. The van der Waals surface area contributed by atoms with E-state index in [2.05, 4.69) is 4.98 Å². The molecule has 19 heavy (non-hydrogen) atoms. The summed E-state index contributed by atoms with van der Waals surface area (Å²) in [4.78, 5) is 27.1. The van der Waals surface area contributed by atoms with E-state index in [0.29, 0.717) is 11.2 Å². The number of hydrogen-bond acceptors (Lipinski definition) is 3. The van der Waals surface area contributed by atoms with Gasteiger partial charge in [0.15, 0.2) is 0 Å². The molecule has 2 aromatic rings. The Hall–Kier alpha value is -2.43. The average molecular weight is 258 g/mol. The third-order valence-corrected chi connectivity index (χ3v) is 2.93. The van der Waals surface area contributed by atoms with Crippen LogP contribution in [0.4, 0.5) is 0 Å². The Morgan fingerprint density at radius 2 is 2.11 bits per heavy atom. The number of aryl methyl sites for hydroxylation is 1. The van der Waals surface area contributed by atoms with E-state index in [1.807, 2.05) is 18.2 Å². The molecule has 1 aromatic heterocycles. The number of nitrogens with zero attached hydrogens (tertiary/aromatic N) is 2. The number of carboxylic acids is 1. The van der Waals surface area contributed by atoms with Gasteiger partial charge in [-0.1, -0.05) is 18.2 Å². The van der Waals surface area contributed by atoms with E-state index < -0.39 is 5.97 Å². The highest BCUT2D eigenvalue weighted by molar-refractivity contribution is 5.85. The number of rotatable bonds is 3. The van der Waals surface area contributed by atoms with Crippen LogP contribution in [0.5, 0.6) is 0 Å². The highest BCUT2D eigenvalue weighted by atomic mass is 16.4. The van der Waals surface area contributed by atoms with E-state index in [0.717, 1.165) is 5.52 Å². The van der Waals surface area contributed by atoms with Crippen LogP contribution >= 0.6 is 0 Å². The molecule has 1 aromatic carbocycles. The minimum Gasteiger partial charge on any atom is -0.478 e. The second-order valence-corrected chi connectivity index (χ2v) is 4.29. The van der Waals surface area contributed by atoms with Crippen LogP contribution in [0.15, 0.2) is 40.7 Å². The third-order valence-electron chi connectivity index (χ3n) is 2.93. The summed E-state index contributed by atoms with van der Waals surface area (Å²) < 4.78 is 1.53. The number of benzene rings is 1. The molecule has 0 spiro atoms. The van der Waals surface area contributed by atoms with Gasteiger partial charge in [0, 0.05) is 12.1 Å². The van der Waals surface area contributed by atoms with Gasteiger partial charge in [0.1, 0.15) is 5.69 Å². The highest BCUT2D eigenvalue weighted by Crippen LogP contribution is 2.10. The third kappa shape index (κ3) is 2.54. The molecule has 0 unspecified atom stereocenters. The van der Waals surface area contributed by atoms with Crippen molar-refractivity contribution < 1.29 is 9.90 Å². The SMILES string of the molecule is CC(=CCn1c(=O)c(C)nc2ccccc21)C(=O)O. The van der Waals surface area contributed by atoms with Gasteiger partial charge in [0.05, 0.1) is 11.0 Å². The second-order valence-electron chi connectivity index (χ2n) is 4.29. The zero-order valence-corrected chi connectivity index (χ0v) is 10.8. The number of carboxylic acid groups (broad SMARTS) is 1. The Kier molecular flexibility index (Phi) is 3.46. The van der Waals surface area contributed by atoms with Crippen molar-refractivity contribution in [3.8, 4) is 0 Å². The first-order valence-corrected chi connectivity index (χ1v) is 5.87. The molecular weight excluding hydrogens is 244 g/mol. The fraction of sp³-hybridized carbons (Fsp3) is 0.214. The normalized spacial score (nSPS) is 11.8. The van der Waals surface area contributed by atoms with Crippen molar-refractivity contribution >= 4 is 17.0 Å². The van der Waals surface area contributed by atoms with Crippen molar-refractivity contribution in [2.24, 2.45) is 0 Å². The maximum atomic E-state index is 12.1. The molecule has 0 saturated carbocycles. The lowest BCUT2D eigenvalue weighted by molar-refractivity contribution is -0.132. The van der Waals surface area contributed by atoms with Crippen molar-refractivity contribution in [1.82, 2.24) is 9.55 Å². The zero-order valence-electron chi connectivity index (χ0n) is 10.8. The quantitative estimate of drug-likeness (QED) is 0.851. The molecule has 1 N–H and O–H groups in total. The number of fused-ring (bicyclic) bond motifs is 1. The Balaban J connectivity index is 2.59. The predicted octanol–water partition coefficient (Wildman–Crippen LogP) is 1.74. The topological polar surface area (TPSA) is 72.2 Å². The molecule has 0 atom stereocenters. The number of hydrogen-bond donors (Lipinski definition) is 1. The van der Waals surface area contributed by atoms with Crippen LogP contribution in [-0.2, 0) is 11.3 Å². The van der Waals surface area contributed by atoms with Gasteiger partial charge in [0.2, 0.25) is 0 Å². The molecule has 1 heterocycles. The summed E-state index contributed by atoms with van der Waals surface area (Å²) in [5.74, 6) is -0.983. The van der Waals surface area contributed by atoms with Crippen LogP contribution < -0.4 is 5.56 Å². The molecule has 0 amide bonds. The lowest BCUT2D eigenvalue weighted by atomic mass is 10.2. The molecule has 0 aliphatic carbocycles. The summed E-state index contributed by atoms with van der Waals surface area (Å²) in [7, 11) is 0. The van der Waals surface area contributed by atoms with Gasteiger partial charge < -0.3 is 9.67 Å². The van der Waals surface area contributed by atoms with Gasteiger partial charge in [0.25, 0.3) is 5.56 Å². The van der Waals surface area contributed by atoms with Crippen LogP contribution in [0, 0.1) is 6.92 Å². The van der Waals surface area contributed by atoms with Crippen LogP contribution in [0.25, 0.3) is 11.0 Å². The molecule has 0 aliphatic heterocycles. The first kappa shape index (κ1) is 13.0. The average Bonchev–Trinajstić information content (AvgIpc) is 2.39. The van der Waals surface area contributed by atoms with Crippen LogP contribution in [-0.4, -0.2) is 20.6 Å². The summed E-state index contributed by atoms with van der Waals surface area (Å²) in [5, 5.41) is 8.83. The van der Waals surface area contributed by atoms with Crippen LogP contribution in [0.2, 0.25) is 0 Å². The smallest absolute Gasteiger partial charge is 0.331 e. The number of para-hydroxylation sites is 2. The van der Waals surface area contributed by atoms with E-state index in [1.54, 1.807) is 13.0 Å². The number of aromatic nitrogens is 2. The second kappa shape index (κ2) is 5.06. The van der Waals surface area contributed by atoms with Crippen molar-refractivity contribution in [2.45, 2.75) is 20.4 Å². The fourth-order valence-corrected chi connectivity index (χ4v) is 1.82. The first-order valence-electron chi connectivity index (χ1n) is 5.87. The van der Waals surface area contributed by atoms with Gasteiger partial charge in [-0.3, -0.25) is 4.79 Å². The van der Waals surface area contributed by atoms with Crippen molar-refractivity contribution in [3.05, 3.63) is 52.0 Å². The van der Waals surface area contributed by atoms with E-state index >= 15 is 0 Å². The van der Waals surface area contributed by atoms with E-state index in [1.165, 1.54) is 17.6 Å². The summed E-state index contributed by atoms with van der Waals surface area (Å²) >= 11 is 0. The lowest BCUT2D eigenvalue weighted by Gasteiger charge is -2.08. The molecule has 0 radical (unpaired) electrons. The number of carbonyl (C=O) groups is 1.